The van der Waals surface area contributed by atoms with E-state index in [4.69, 9.17) is 10.5 Å². The Labute approximate surface area is 95.8 Å². The zero-order valence-corrected chi connectivity index (χ0v) is 9.75. The molecule has 0 radical (unpaired) electrons. The van der Waals surface area contributed by atoms with E-state index in [-0.39, 0.29) is 5.97 Å². The van der Waals surface area contributed by atoms with Crippen molar-refractivity contribution in [3.05, 3.63) is 23.8 Å². The molecule has 1 rings (SSSR count). The SMILES string of the molecule is CCCNc1c(N)cccc1C(=O)OCC. The summed E-state index contributed by atoms with van der Waals surface area (Å²) in [6.45, 7) is 4.97. The van der Waals surface area contributed by atoms with Gasteiger partial charge in [0.05, 0.1) is 23.5 Å². The molecule has 0 bridgehead atoms. The highest BCUT2D eigenvalue weighted by molar-refractivity contribution is 5.98. The second-order valence-corrected chi connectivity index (χ2v) is 3.42. The smallest absolute Gasteiger partial charge is 0.340 e. The molecule has 0 amide bonds. The maximum absolute atomic E-state index is 11.7. The number of nitrogens with two attached hydrogens (primary N) is 1. The maximum Gasteiger partial charge on any atom is 0.340 e. The Bertz CT molecular complexity index is 364. The number of ether oxygens (including phenoxy) is 1. The van der Waals surface area contributed by atoms with Crippen molar-refractivity contribution in [2.24, 2.45) is 0 Å². The van der Waals surface area contributed by atoms with E-state index in [9.17, 15) is 4.79 Å². The van der Waals surface area contributed by atoms with E-state index < -0.39 is 0 Å². The summed E-state index contributed by atoms with van der Waals surface area (Å²) in [7, 11) is 0. The highest BCUT2D eigenvalue weighted by Gasteiger charge is 2.13. The van der Waals surface area contributed by atoms with Gasteiger partial charge in [-0.2, -0.15) is 0 Å². The highest BCUT2D eigenvalue weighted by Crippen LogP contribution is 2.24. The number of hydrogen-bond acceptors (Lipinski definition) is 4. The van der Waals surface area contributed by atoms with Gasteiger partial charge in [0.15, 0.2) is 0 Å². The number of carbonyl (C=O) groups excluding carboxylic acids is 1. The number of rotatable bonds is 5. The van der Waals surface area contributed by atoms with Crippen LogP contribution in [0, 0.1) is 0 Å². The van der Waals surface area contributed by atoms with Crippen molar-refractivity contribution in [1.82, 2.24) is 0 Å². The highest BCUT2D eigenvalue weighted by atomic mass is 16.5. The number of para-hydroxylation sites is 1. The summed E-state index contributed by atoms with van der Waals surface area (Å²) in [6.07, 6.45) is 0.969. The molecule has 4 nitrogen and oxygen atoms in total. The van der Waals surface area contributed by atoms with E-state index in [0.717, 1.165) is 13.0 Å². The van der Waals surface area contributed by atoms with Crippen LogP contribution in [0.5, 0.6) is 0 Å². The Morgan fingerprint density at radius 2 is 2.19 bits per heavy atom. The first kappa shape index (κ1) is 12.4. The lowest BCUT2D eigenvalue weighted by atomic mass is 10.1. The third kappa shape index (κ3) is 2.89. The fourth-order valence-electron chi connectivity index (χ4n) is 1.40. The number of nitrogen functional groups attached to an aromatic ring is 1. The molecule has 0 heterocycles. The zero-order valence-electron chi connectivity index (χ0n) is 9.75. The third-order valence-corrected chi connectivity index (χ3v) is 2.14. The zero-order chi connectivity index (χ0) is 12.0. The summed E-state index contributed by atoms with van der Waals surface area (Å²) in [5.41, 5.74) is 7.56. The van der Waals surface area contributed by atoms with Gasteiger partial charge in [-0.3, -0.25) is 0 Å². The summed E-state index contributed by atoms with van der Waals surface area (Å²) >= 11 is 0. The van der Waals surface area contributed by atoms with Gasteiger partial charge in [0.2, 0.25) is 0 Å². The van der Waals surface area contributed by atoms with Gasteiger partial charge >= 0.3 is 5.97 Å². The van der Waals surface area contributed by atoms with Crippen LogP contribution < -0.4 is 11.1 Å². The molecule has 1 aromatic rings. The maximum atomic E-state index is 11.7. The summed E-state index contributed by atoms with van der Waals surface area (Å²) in [5, 5.41) is 3.14. The van der Waals surface area contributed by atoms with Crippen molar-refractivity contribution >= 4 is 17.3 Å². The number of nitrogens with one attached hydrogen (secondary N) is 1. The number of benzene rings is 1. The minimum Gasteiger partial charge on any atom is -0.462 e. The topological polar surface area (TPSA) is 64.3 Å². The van der Waals surface area contributed by atoms with E-state index >= 15 is 0 Å². The Morgan fingerprint density at radius 1 is 1.44 bits per heavy atom. The quantitative estimate of drug-likeness (QED) is 0.592. The molecule has 4 heteroatoms. The van der Waals surface area contributed by atoms with E-state index in [1.807, 2.05) is 0 Å². The first-order valence-corrected chi connectivity index (χ1v) is 5.50. The molecular formula is C12H18N2O2. The summed E-state index contributed by atoms with van der Waals surface area (Å²) in [6, 6.07) is 5.23. The van der Waals surface area contributed by atoms with Gasteiger partial charge in [-0.05, 0) is 25.5 Å². The molecule has 0 saturated heterocycles. The van der Waals surface area contributed by atoms with Crippen LogP contribution in [0.15, 0.2) is 18.2 Å². The molecular weight excluding hydrogens is 204 g/mol. The monoisotopic (exact) mass is 222 g/mol. The van der Waals surface area contributed by atoms with Crippen LogP contribution in [0.1, 0.15) is 30.6 Å². The lowest BCUT2D eigenvalue weighted by molar-refractivity contribution is 0.0527. The van der Waals surface area contributed by atoms with Crippen LogP contribution >= 0.6 is 0 Å². The Morgan fingerprint density at radius 3 is 2.81 bits per heavy atom. The molecule has 88 valence electrons. The van der Waals surface area contributed by atoms with Gasteiger partial charge in [-0.15, -0.1) is 0 Å². The Hall–Kier alpha value is -1.71. The fourth-order valence-corrected chi connectivity index (χ4v) is 1.40. The van der Waals surface area contributed by atoms with E-state index in [1.165, 1.54) is 0 Å². The second-order valence-electron chi connectivity index (χ2n) is 3.42. The van der Waals surface area contributed by atoms with E-state index in [2.05, 4.69) is 12.2 Å². The minimum absolute atomic E-state index is 0.339. The number of carbonyl (C=O) groups is 1. The lowest BCUT2D eigenvalue weighted by Crippen LogP contribution is -2.12. The molecule has 0 saturated carbocycles. The summed E-state index contributed by atoms with van der Waals surface area (Å²) in [5.74, 6) is -0.339. The lowest BCUT2D eigenvalue weighted by Gasteiger charge is -2.12. The van der Waals surface area contributed by atoms with Crippen LogP contribution in [0.3, 0.4) is 0 Å². The Balaban J connectivity index is 2.97. The van der Waals surface area contributed by atoms with Gasteiger partial charge < -0.3 is 15.8 Å². The average molecular weight is 222 g/mol. The van der Waals surface area contributed by atoms with Gasteiger partial charge in [0.25, 0.3) is 0 Å². The second kappa shape index (κ2) is 6.00. The van der Waals surface area contributed by atoms with Gasteiger partial charge in [-0.1, -0.05) is 13.0 Å². The molecule has 3 N–H and O–H groups in total. The number of anilines is 2. The molecule has 0 aliphatic heterocycles. The molecule has 0 unspecified atom stereocenters. The van der Waals surface area contributed by atoms with E-state index in [0.29, 0.717) is 23.5 Å². The summed E-state index contributed by atoms with van der Waals surface area (Å²) < 4.78 is 4.97. The molecule has 0 spiro atoms. The van der Waals surface area contributed by atoms with Crippen molar-refractivity contribution in [2.45, 2.75) is 20.3 Å². The van der Waals surface area contributed by atoms with Crippen LogP contribution in [0.2, 0.25) is 0 Å². The summed E-state index contributed by atoms with van der Waals surface area (Å²) in [4.78, 5) is 11.7. The first-order chi connectivity index (χ1) is 7.70. The predicted octanol–water partition coefficient (Wildman–Crippen LogP) is 2.27. The Kier molecular flexibility index (Phi) is 4.64. The van der Waals surface area contributed by atoms with Crippen molar-refractivity contribution in [3.63, 3.8) is 0 Å². The largest absolute Gasteiger partial charge is 0.462 e. The number of hydrogen-bond donors (Lipinski definition) is 2. The normalized spacial score (nSPS) is 9.88. The number of esters is 1. The van der Waals surface area contributed by atoms with Crippen LogP contribution in [-0.2, 0) is 4.74 Å². The minimum atomic E-state index is -0.339. The molecule has 0 atom stereocenters. The average Bonchev–Trinajstić information content (AvgIpc) is 2.27. The molecule has 0 aliphatic carbocycles. The van der Waals surface area contributed by atoms with Gasteiger partial charge in [-0.25, -0.2) is 4.79 Å². The predicted molar refractivity (Wildman–Crippen MR) is 65.6 cm³/mol. The van der Waals surface area contributed by atoms with Crippen LogP contribution in [0.4, 0.5) is 11.4 Å². The van der Waals surface area contributed by atoms with Crippen molar-refractivity contribution in [3.8, 4) is 0 Å². The standard InChI is InChI=1S/C12H18N2O2/c1-3-8-14-11-9(12(15)16-4-2)6-5-7-10(11)13/h5-7,14H,3-4,8,13H2,1-2H3. The molecule has 0 fully saturated rings. The van der Waals surface area contributed by atoms with E-state index in [1.54, 1.807) is 25.1 Å². The van der Waals surface area contributed by atoms with Crippen molar-refractivity contribution in [2.75, 3.05) is 24.2 Å². The molecule has 0 aliphatic rings. The fraction of sp³-hybridized carbons (Fsp3) is 0.417. The first-order valence-electron chi connectivity index (χ1n) is 5.50. The van der Waals surface area contributed by atoms with Crippen LogP contribution in [0.25, 0.3) is 0 Å². The molecule has 0 aromatic heterocycles. The van der Waals surface area contributed by atoms with Crippen molar-refractivity contribution in [1.29, 1.82) is 0 Å². The third-order valence-electron chi connectivity index (χ3n) is 2.14. The molecule has 16 heavy (non-hydrogen) atoms. The van der Waals surface area contributed by atoms with Crippen LogP contribution in [-0.4, -0.2) is 19.1 Å². The van der Waals surface area contributed by atoms with Gasteiger partial charge in [0, 0.05) is 6.54 Å². The van der Waals surface area contributed by atoms with Crippen molar-refractivity contribution < 1.29 is 9.53 Å². The van der Waals surface area contributed by atoms with Gasteiger partial charge in [0.1, 0.15) is 0 Å². The molecule has 1 aromatic carbocycles.